The molecule has 0 amide bonds. The number of rotatable bonds is 3. The third-order valence-corrected chi connectivity index (χ3v) is 2.18. The molecule has 1 aromatic carbocycles. The second-order valence-electron chi connectivity index (χ2n) is 3.09. The highest BCUT2D eigenvalue weighted by Crippen LogP contribution is 2.13. The van der Waals surface area contributed by atoms with Gasteiger partial charge in [-0.2, -0.15) is 0 Å². The van der Waals surface area contributed by atoms with Gasteiger partial charge < -0.3 is 0 Å². The molecule has 0 aliphatic heterocycles. The molecule has 0 aliphatic rings. The lowest BCUT2D eigenvalue weighted by Crippen LogP contribution is -1.96. The van der Waals surface area contributed by atoms with Crippen molar-refractivity contribution >= 4 is 6.08 Å². The standard InChI is InChI=1S/C11H13NO/c1-9-4-3-5-10(2)11(9)6-7-12-8-13/h3-5H,6-7H2,1-2H3. The van der Waals surface area contributed by atoms with E-state index in [0.29, 0.717) is 6.54 Å². The average molecular weight is 175 g/mol. The first-order valence-corrected chi connectivity index (χ1v) is 4.34. The quantitative estimate of drug-likeness (QED) is 0.511. The zero-order chi connectivity index (χ0) is 9.68. The minimum absolute atomic E-state index is 0.537. The topological polar surface area (TPSA) is 29.4 Å². The maximum absolute atomic E-state index is 9.87. The van der Waals surface area contributed by atoms with E-state index in [4.69, 9.17) is 0 Å². The van der Waals surface area contributed by atoms with Crippen LogP contribution in [0.3, 0.4) is 0 Å². The summed E-state index contributed by atoms with van der Waals surface area (Å²) in [6.45, 7) is 4.69. The molecule has 1 rings (SSSR count). The number of hydrogen-bond acceptors (Lipinski definition) is 2. The van der Waals surface area contributed by atoms with Crippen molar-refractivity contribution in [3.8, 4) is 0 Å². The van der Waals surface area contributed by atoms with Crippen molar-refractivity contribution in [3.63, 3.8) is 0 Å². The Labute approximate surface area is 78.3 Å². The minimum atomic E-state index is 0.537. The van der Waals surface area contributed by atoms with Crippen LogP contribution in [-0.2, 0) is 11.2 Å². The van der Waals surface area contributed by atoms with Crippen LogP contribution < -0.4 is 0 Å². The van der Waals surface area contributed by atoms with E-state index in [1.54, 1.807) is 6.08 Å². The lowest BCUT2D eigenvalue weighted by atomic mass is 10.0. The zero-order valence-corrected chi connectivity index (χ0v) is 8.00. The normalized spacial score (nSPS) is 9.38. The van der Waals surface area contributed by atoms with Crippen molar-refractivity contribution < 1.29 is 4.79 Å². The third-order valence-electron chi connectivity index (χ3n) is 2.18. The fourth-order valence-electron chi connectivity index (χ4n) is 1.46. The molecular weight excluding hydrogens is 162 g/mol. The second-order valence-corrected chi connectivity index (χ2v) is 3.09. The van der Waals surface area contributed by atoms with Gasteiger partial charge in [0.1, 0.15) is 0 Å². The lowest BCUT2D eigenvalue weighted by molar-refractivity contribution is 0.563. The maximum Gasteiger partial charge on any atom is 0.234 e. The van der Waals surface area contributed by atoms with Crippen LogP contribution in [0.25, 0.3) is 0 Å². The minimum Gasteiger partial charge on any atom is -0.211 e. The highest BCUT2D eigenvalue weighted by molar-refractivity contribution is 5.35. The van der Waals surface area contributed by atoms with Crippen molar-refractivity contribution in [2.24, 2.45) is 4.99 Å². The Morgan fingerprint density at radius 3 is 2.46 bits per heavy atom. The van der Waals surface area contributed by atoms with E-state index >= 15 is 0 Å². The molecular formula is C11H13NO. The van der Waals surface area contributed by atoms with Crippen molar-refractivity contribution in [2.45, 2.75) is 20.3 Å². The number of carbonyl (C=O) groups excluding carboxylic acids is 1. The number of aliphatic imine (C=N–C) groups is 1. The number of benzene rings is 1. The summed E-state index contributed by atoms with van der Waals surface area (Å²) >= 11 is 0. The molecule has 0 aromatic heterocycles. The predicted octanol–water partition coefficient (Wildman–Crippen LogP) is 2.18. The van der Waals surface area contributed by atoms with Crippen LogP contribution in [0.4, 0.5) is 0 Å². The number of hydrogen-bond donors (Lipinski definition) is 0. The van der Waals surface area contributed by atoms with E-state index < -0.39 is 0 Å². The van der Waals surface area contributed by atoms with Gasteiger partial charge in [0.05, 0.1) is 6.54 Å². The maximum atomic E-state index is 9.87. The molecule has 0 bridgehead atoms. The predicted molar refractivity (Wildman–Crippen MR) is 52.6 cm³/mol. The van der Waals surface area contributed by atoms with E-state index in [2.05, 4.69) is 31.0 Å². The molecule has 0 N–H and O–H groups in total. The number of isocyanates is 1. The Bertz CT molecular complexity index is 318. The Morgan fingerprint density at radius 2 is 1.92 bits per heavy atom. The van der Waals surface area contributed by atoms with Gasteiger partial charge in [0, 0.05) is 0 Å². The van der Waals surface area contributed by atoms with Crippen molar-refractivity contribution in [2.75, 3.05) is 6.54 Å². The molecule has 0 saturated carbocycles. The zero-order valence-electron chi connectivity index (χ0n) is 8.00. The van der Waals surface area contributed by atoms with Crippen LogP contribution in [0.2, 0.25) is 0 Å². The fourth-order valence-corrected chi connectivity index (χ4v) is 1.46. The first kappa shape index (κ1) is 9.69. The molecule has 0 aliphatic carbocycles. The van der Waals surface area contributed by atoms with Gasteiger partial charge in [0.2, 0.25) is 6.08 Å². The molecule has 2 nitrogen and oxygen atoms in total. The van der Waals surface area contributed by atoms with E-state index in [0.717, 1.165) is 6.42 Å². The summed E-state index contributed by atoms with van der Waals surface area (Å²) in [7, 11) is 0. The summed E-state index contributed by atoms with van der Waals surface area (Å²) in [4.78, 5) is 13.4. The Kier molecular flexibility index (Phi) is 3.41. The molecule has 0 atom stereocenters. The summed E-state index contributed by atoms with van der Waals surface area (Å²) < 4.78 is 0. The van der Waals surface area contributed by atoms with Crippen LogP contribution in [0, 0.1) is 13.8 Å². The summed E-state index contributed by atoms with van der Waals surface area (Å²) in [6.07, 6.45) is 2.38. The van der Waals surface area contributed by atoms with Gasteiger partial charge in [0.25, 0.3) is 0 Å². The van der Waals surface area contributed by atoms with Gasteiger partial charge in [-0.15, -0.1) is 0 Å². The highest BCUT2D eigenvalue weighted by atomic mass is 16.1. The van der Waals surface area contributed by atoms with E-state index in [1.165, 1.54) is 16.7 Å². The summed E-state index contributed by atoms with van der Waals surface area (Å²) in [6, 6.07) is 6.19. The van der Waals surface area contributed by atoms with Crippen LogP contribution in [0.1, 0.15) is 16.7 Å². The molecule has 0 heterocycles. The van der Waals surface area contributed by atoms with Crippen LogP contribution in [0.5, 0.6) is 0 Å². The molecule has 13 heavy (non-hydrogen) atoms. The number of aryl methyl sites for hydroxylation is 2. The molecule has 68 valence electrons. The van der Waals surface area contributed by atoms with Crippen LogP contribution >= 0.6 is 0 Å². The summed E-state index contributed by atoms with van der Waals surface area (Å²) in [5, 5.41) is 0. The lowest BCUT2D eigenvalue weighted by Gasteiger charge is -2.06. The van der Waals surface area contributed by atoms with Gasteiger partial charge in [-0.3, -0.25) is 0 Å². The molecule has 0 spiro atoms. The van der Waals surface area contributed by atoms with Gasteiger partial charge in [-0.05, 0) is 37.0 Å². The third kappa shape index (κ3) is 2.53. The summed E-state index contributed by atoms with van der Waals surface area (Å²) in [5.41, 5.74) is 3.82. The molecule has 1 aromatic rings. The van der Waals surface area contributed by atoms with Crippen molar-refractivity contribution in [1.29, 1.82) is 0 Å². The Balaban J connectivity index is 2.80. The number of nitrogens with zero attached hydrogens (tertiary/aromatic N) is 1. The van der Waals surface area contributed by atoms with Gasteiger partial charge in [-0.1, -0.05) is 18.2 Å². The fraction of sp³-hybridized carbons (Fsp3) is 0.364. The first-order chi connectivity index (χ1) is 6.25. The smallest absolute Gasteiger partial charge is 0.211 e. The summed E-state index contributed by atoms with van der Waals surface area (Å²) in [5.74, 6) is 0. The van der Waals surface area contributed by atoms with Gasteiger partial charge in [-0.25, -0.2) is 9.79 Å². The first-order valence-electron chi connectivity index (χ1n) is 4.34. The SMILES string of the molecule is Cc1cccc(C)c1CCN=C=O. The van der Waals surface area contributed by atoms with Crippen molar-refractivity contribution in [1.82, 2.24) is 0 Å². The molecule has 0 radical (unpaired) electrons. The molecule has 0 unspecified atom stereocenters. The Hall–Kier alpha value is -1.40. The van der Waals surface area contributed by atoms with Gasteiger partial charge >= 0.3 is 0 Å². The molecule has 0 fully saturated rings. The largest absolute Gasteiger partial charge is 0.234 e. The average Bonchev–Trinajstić information content (AvgIpc) is 2.10. The van der Waals surface area contributed by atoms with Crippen LogP contribution in [0.15, 0.2) is 23.2 Å². The van der Waals surface area contributed by atoms with E-state index in [1.807, 2.05) is 6.07 Å². The highest BCUT2D eigenvalue weighted by Gasteiger charge is 2.00. The molecule has 2 heteroatoms. The monoisotopic (exact) mass is 175 g/mol. The van der Waals surface area contributed by atoms with Gasteiger partial charge in [0.15, 0.2) is 0 Å². The van der Waals surface area contributed by atoms with E-state index in [-0.39, 0.29) is 0 Å². The van der Waals surface area contributed by atoms with Crippen LogP contribution in [-0.4, -0.2) is 12.6 Å². The second kappa shape index (κ2) is 4.58. The molecule has 0 saturated heterocycles. The van der Waals surface area contributed by atoms with E-state index in [9.17, 15) is 4.79 Å². The Morgan fingerprint density at radius 1 is 1.31 bits per heavy atom. The van der Waals surface area contributed by atoms with Crippen molar-refractivity contribution in [3.05, 3.63) is 34.9 Å².